The number of piperidine rings is 1. The average Bonchev–Trinajstić information content (AvgIpc) is 3.56. The Balaban J connectivity index is 1.01. The third kappa shape index (κ3) is 5.91. The lowest BCUT2D eigenvalue weighted by atomic mass is 10.1. The number of benzene rings is 1. The Morgan fingerprint density at radius 3 is 2.60 bits per heavy atom. The molecule has 0 bridgehead atoms. The quantitative estimate of drug-likeness (QED) is 0.272. The Morgan fingerprint density at radius 2 is 1.86 bits per heavy atom. The third-order valence-corrected chi connectivity index (χ3v) is 7.93. The highest BCUT2D eigenvalue weighted by molar-refractivity contribution is 6.30. The van der Waals surface area contributed by atoms with Crippen LogP contribution in [0.1, 0.15) is 36.5 Å². The van der Waals surface area contributed by atoms with Gasteiger partial charge in [-0.1, -0.05) is 28.9 Å². The van der Waals surface area contributed by atoms with Crippen molar-refractivity contribution >= 4 is 22.8 Å². The number of nitrogens with one attached hydrogen (secondary N) is 1. The number of hydrogen-bond acceptors (Lipinski definition) is 10. The number of halogens is 1. The molecule has 7 rings (SSSR count). The summed E-state index contributed by atoms with van der Waals surface area (Å²) in [4.78, 5) is 35.2. The maximum atomic E-state index is 11.5. The lowest BCUT2D eigenvalue weighted by molar-refractivity contribution is -0.0593. The summed E-state index contributed by atoms with van der Waals surface area (Å²) in [6, 6.07) is 13.2. The lowest BCUT2D eigenvalue weighted by Crippen LogP contribution is -2.39. The van der Waals surface area contributed by atoms with Gasteiger partial charge in [-0.05, 0) is 49.1 Å². The van der Waals surface area contributed by atoms with E-state index in [0.29, 0.717) is 47.8 Å². The maximum Gasteiger partial charge on any atom is 0.439 e. The van der Waals surface area contributed by atoms with Crippen LogP contribution < -0.4 is 10.5 Å². The van der Waals surface area contributed by atoms with Gasteiger partial charge in [-0.25, -0.2) is 19.7 Å². The van der Waals surface area contributed by atoms with Crippen LogP contribution >= 0.6 is 11.6 Å². The Bertz CT molecular complexity index is 1740. The molecule has 42 heavy (non-hydrogen) atoms. The molecule has 13 heteroatoms. The first kappa shape index (κ1) is 26.7. The van der Waals surface area contributed by atoms with Crippen LogP contribution in [0.25, 0.3) is 22.7 Å². The molecule has 0 spiro atoms. The second-order valence-corrected chi connectivity index (χ2v) is 11.0. The number of imidazole rings is 1. The molecule has 216 valence electrons. The summed E-state index contributed by atoms with van der Waals surface area (Å²) in [6.07, 6.45) is 5.34. The summed E-state index contributed by atoms with van der Waals surface area (Å²) in [6.45, 7) is 3.87. The molecule has 5 aromatic rings. The van der Waals surface area contributed by atoms with E-state index in [9.17, 15) is 4.79 Å². The highest BCUT2D eigenvalue weighted by Gasteiger charge is 2.26. The number of ether oxygens (including phenoxy) is 2. The highest BCUT2D eigenvalue weighted by Crippen LogP contribution is 2.25. The molecule has 0 saturated carbocycles. The van der Waals surface area contributed by atoms with Crippen LogP contribution in [-0.4, -0.2) is 71.4 Å². The van der Waals surface area contributed by atoms with Crippen molar-refractivity contribution in [3.05, 3.63) is 81.4 Å². The molecule has 2 fully saturated rings. The summed E-state index contributed by atoms with van der Waals surface area (Å²) in [5.41, 5.74) is 3.14. The van der Waals surface area contributed by atoms with Gasteiger partial charge < -0.3 is 14.0 Å². The van der Waals surface area contributed by atoms with Gasteiger partial charge in [-0.15, -0.1) is 0 Å². The second-order valence-electron chi connectivity index (χ2n) is 10.6. The molecule has 0 amide bonds. The van der Waals surface area contributed by atoms with Gasteiger partial charge >= 0.3 is 5.76 Å². The molecule has 4 aromatic heterocycles. The van der Waals surface area contributed by atoms with Crippen molar-refractivity contribution in [1.29, 1.82) is 0 Å². The van der Waals surface area contributed by atoms with Crippen LogP contribution in [0.3, 0.4) is 0 Å². The van der Waals surface area contributed by atoms with E-state index in [4.69, 9.17) is 31.0 Å². The van der Waals surface area contributed by atoms with Crippen molar-refractivity contribution in [3.8, 4) is 17.4 Å². The fraction of sp³-hybridized carbons (Fsp3) is 0.379. The fourth-order valence-corrected chi connectivity index (χ4v) is 5.46. The fourth-order valence-electron chi connectivity index (χ4n) is 5.34. The molecule has 1 unspecified atom stereocenters. The Hall–Kier alpha value is -4.13. The van der Waals surface area contributed by atoms with Crippen molar-refractivity contribution < 1.29 is 14.0 Å². The van der Waals surface area contributed by atoms with E-state index in [1.165, 1.54) is 0 Å². The number of nitrogens with zero attached hydrogens (tertiary/aromatic N) is 7. The summed E-state index contributed by atoms with van der Waals surface area (Å²) >= 11 is 6.00. The first-order chi connectivity index (χ1) is 20.6. The molecule has 2 aliphatic rings. The first-order valence-electron chi connectivity index (χ1n) is 14.1. The minimum Gasteiger partial charge on any atom is -0.474 e. The van der Waals surface area contributed by atoms with Crippen LogP contribution in [0.4, 0.5) is 0 Å². The molecule has 0 aliphatic carbocycles. The van der Waals surface area contributed by atoms with Crippen LogP contribution in [0.2, 0.25) is 5.02 Å². The van der Waals surface area contributed by atoms with E-state index >= 15 is 0 Å². The number of aromatic nitrogens is 7. The summed E-state index contributed by atoms with van der Waals surface area (Å²) in [5.74, 6) is 1.92. The van der Waals surface area contributed by atoms with Gasteiger partial charge in [0.25, 0.3) is 0 Å². The number of H-pyrrole nitrogens is 1. The van der Waals surface area contributed by atoms with Gasteiger partial charge in [0.2, 0.25) is 11.7 Å². The highest BCUT2D eigenvalue weighted by atomic mass is 35.5. The number of hydrogen-bond donors (Lipinski definition) is 1. The van der Waals surface area contributed by atoms with Crippen molar-refractivity contribution in [2.45, 2.75) is 51.0 Å². The van der Waals surface area contributed by atoms with Crippen molar-refractivity contribution in [3.63, 3.8) is 0 Å². The van der Waals surface area contributed by atoms with E-state index in [1.807, 2.05) is 36.4 Å². The normalized spacial score (nSPS) is 17.9. The number of rotatable bonds is 9. The zero-order chi connectivity index (χ0) is 28.5. The molecular formula is C29H29ClN8O4. The number of pyridine rings is 1. The van der Waals surface area contributed by atoms with Gasteiger partial charge in [-0.2, -0.15) is 4.98 Å². The van der Waals surface area contributed by atoms with E-state index < -0.39 is 5.76 Å². The molecule has 2 saturated heterocycles. The average molecular weight is 589 g/mol. The number of aromatic amines is 1. The van der Waals surface area contributed by atoms with Gasteiger partial charge in [0, 0.05) is 43.4 Å². The van der Waals surface area contributed by atoms with Gasteiger partial charge in [-0.3, -0.25) is 14.4 Å². The summed E-state index contributed by atoms with van der Waals surface area (Å²) in [7, 11) is 0. The number of fused-ring (bicyclic) bond motifs is 1. The Labute approximate surface area is 245 Å². The van der Waals surface area contributed by atoms with E-state index in [2.05, 4.69) is 34.1 Å². The SMILES string of the molecule is O=c1[nH]c(-c2ccc3nc(CN4CCC(Oc5ccnc(Cc6ccc(Cl)cc6)n5)CC4)n(CC4CCO4)c3n2)no1. The van der Waals surface area contributed by atoms with Crippen LogP contribution in [-0.2, 0) is 24.2 Å². The molecule has 0 radical (unpaired) electrons. The third-order valence-electron chi connectivity index (χ3n) is 7.68. The minimum absolute atomic E-state index is 0.0792. The standard InChI is InChI=1S/C29H29ClN8O4/c30-19-3-1-18(2-4-19)15-24-31-11-7-26(34-24)41-20-8-12-37(13-9-20)17-25-32-23-6-5-22(27-35-29(39)42-36-27)33-28(23)38(25)16-21-10-14-40-21/h1-7,11,20-21H,8-10,12-17H2,(H,35,36,39). The van der Waals surface area contributed by atoms with Gasteiger partial charge in [0.05, 0.1) is 19.2 Å². The van der Waals surface area contributed by atoms with Crippen molar-refractivity contribution in [1.82, 2.24) is 39.5 Å². The molecule has 1 atom stereocenters. The molecule has 12 nitrogen and oxygen atoms in total. The lowest BCUT2D eigenvalue weighted by Gasteiger charge is -2.32. The van der Waals surface area contributed by atoms with E-state index in [0.717, 1.165) is 61.5 Å². The molecular weight excluding hydrogens is 560 g/mol. The molecule has 6 heterocycles. The predicted octanol–water partition coefficient (Wildman–Crippen LogP) is 3.64. The predicted molar refractivity (Wildman–Crippen MR) is 153 cm³/mol. The maximum absolute atomic E-state index is 11.5. The van der Waals surface area contributed by atoms with Crippen LogP contribution in [0.5, 0.6) is 5.88 Å². The molecule has 2 aliphatic heterocycles. The first-order valence-corrected chi connectivity index (χ1v) is 14.4. The van der Waals surface area contributed by atoms with Crippen molar-refractivity contribution in [2.24, 2.45) is 0 Å². The number of likely N-dealkylation sites (tertiary alicyclic amines) is 1. The largest absolute Gasteiger partial charge is 0.474 e. The van der Waals surface area contributed by atoms with Gasteiger partial charge in [0.15, 0.2) is 5.65 Å². The zero-order valence-corrected chi connectivity index (χ0v) is 23.5. The van der Waals surface area contributed by atoms with Crippen LogP contribution in [0.15, 0.2) is 58.0 Å². The minimum atomic E-state index is -0.616. The summed E-state index contributed by atoms with van der Waals surface area (Å²) < 4.78 is 18.8. The van der Waals surface area contributed by atoms with Gasteiger partial charge in [0.1, 0.15) is 29.0 Å². The van der Waals surface area contributed by atoms with Crippen molar-refractivity contribution in [2.75, 3.05) is 19.7 Å². The topological polar surface area (TPSA) is 137 Å². The molecule has 1 N–H and O–H groups in total. The Morgan fingerprint density at radius 1 is 1.02 bits per heavy atom. The van der Waals surface area contributed by atoms with E-state index in [-0.39, 0.29) is 12.2 Å². The molecule has 1 aromatic carbocycles. The monoisotopic (exact) mass is 588 g/mol. The van der Waals surface area contributed by atoms with E-state index in [1.54, 1.807) is 12.3 Å². The zero-order valence-electron chi connectivity index (χ0n) is 22.8. The summed E-state index contributed by atoms with van der Waals surface area (Å²) in [5, 5.41) is 4.49. The van der Waals surface area contributed by atoms with Crippen LogP contribution in [0, 0.1) is 0 Å². The Kier molecular flexibility index (Phi) is 7.41. The second kappa shape index (κ2) is 11.6. The smallest absolute Gasteiger partial charge is 0.439 e.